The van der Waals surface area contributed by atoms with Crippen molar-refractivity contribution < 1.29 is 9.59 Å². The lowest BCUT2D eigenvalue weighted by Gasteiger charge is -2.20. The molecule has 1 fully saturated rings. The van der Waals surface area contributed by atoms with Crippen LogP contribution in [-0.2, 0) is 9.59 Å². The molecule has 2 nitrogen and oxygen atoms in total. The molecule has 2 rings (SSSR count). The Morgan fingerprint density at radius 2 is 2.15 bits per heavy atom. The van der Waals surface area contributed by atoms with Crippen LogP contribution < -0.4 is 0 Å². The summed E-state index contributed by atoms with van der Waals surface area (Å²) in [4.78, 5) is 22.4. The highest BCUT2D eigenvalue weighted by atomic mass is 32.2. The van der Waals surface area contributed by atoms with Gasteiger partial charge in [0.15, 0.2) is 5.12 Å². The van der Waals surface area contributed by atoms with E-state index in [1.807, 2.05) is 0 Å². The number of hydrogen-bond donors (Lipinski definition) is 0. The fourth-order valence-electron chi connectivity index (χ4n) is 2.51. The van der Waals surface area contributed by atoms with E-state index >= 15 is 0 Å². The lowest BCUT2D eigenvalue weighted by molar-refractivity contribution is -0.121. The first-order valence-corrected chi connectivity index (χ1v) is 5.72. The van der Waals surface area contributed by atoms with E-state index in [4.69, 9.17) is 0 Å². The Morgan fingerprint density at radius 3 is 2.77 bits per heavy atom. The second kappa shape index (κ2) is 3.29. The maximum atomic E-state index is 11.5. The van der Waals surface area contributed by atoms with Crippen LogP contribution in [0.25, 0.3) is 0 Å². The summed E-state index contributed by atoms with van der Waals surface area (Å²) >= 11 is 1.25. The predicted molar refractivity (Wildman–Crippen MR) is 52.3 cm³/mol. The molecule has 0 aromatic rings. The molecule has 0 amide bonds. The van der Waals surface area contributed by atoms with Crippen LogP contribution in [0.1, 0.15) is 6.42 Å². The van der Waals surface area contributed by atoms with E-state index in [1.165, 1.54) is 11.8 Å². The summed E-state index contributed by atoms with van der Waals surface area (Å²) in [5.74, 6) is 0.584. The Labute approximate surface area is 81.8 Å². The number of hydrogen-bond acceptors (Lipinski definition) is 3. The van der Waals surface area contributed by atoms with Crippen LogP contribution in [0.5, 0.6) is 0 Å². The summed E-state index contributed by atoms with van der Waals surface area (Å²) in [6, 6.07) is 0. The first kappa shape index (κ1) is 9.00. The van der Waals surface area contributed by atoms with E-state index in [2.05, 4.69) is 12.2 Å². The molecule has 2 aliphatic rings. The third-order valence-corrected chi connectivity index (χ3v) is 3.83. The van der Waals surface area contributed by atoms with Crippen molar-refractivity contribution in [3.05, 3.63) is 12.2 Å². The summed E-state index contributed by atoms with van der Waals surface area (Å²) in [6.07, 6.45) is 7.95. The Hall–Kier alpha value is -0.570. The van der Waals surface area contributed by atoms with Gasteiger partial charge < -0.3 is 4.79 Å². The van der Waals surface area contributed by atoms with E-state index in [1.54, 1.807) is 6.26 Å². The molecule has 2 bridgehead atoms. The van der Waals surface area contributed by atoms with Crippen LogP contribution in [0.3, 0.4) is 0 Å². The number of fused-ring (bicyclic) bond motifs is 2. The molecule has 13 heavy (non-hydrogen) atoms. The Bertz CT molecular complexity index is 272. The second-order valence-electron chi connectivity index (χ2n) is 3.71. The largest absolute Gasteiger partial charge is 0.303 e. The van der Waals surface area contributed by atoms with Gasteiger partial charge in [-0.15, -0.1) is 0 Å². The zero-order valence-corrected chi connectivity index (χ0v) is 8.29. The lowest BCUT2D eigenvalue weighted by Crippen LogP contribution is -2.26. The molecule has 2 aliphatic carbocycles. The number of aldehydes is 1. The van der Waals surface area contributed by atoms with Crippen molar-refractivity contribution in [2.75, 3.05) is 6.26 Å². The number of rotatable bonds is 2. The normalized spacial score (nSPS) is 41.0. The van der Waals surface area contributed by atoms with Gasteiger partial charge in [0, 0.05) is 11.8 Å². The Morgan fingerprint density at radius 1 is 1.46 bits per heavy atom. The molecule has 0 saturated heterocycles. The van der Waals surface area contributed by atoms with Gasteiger partial charge in [0.05, 0.1) is 0 Å². The van der Waals surface area contributed by atoms with Crippen LogP contribution in [-0.4, -0.2) is 17.7 Å². The van der Waals surface area contributed by atoms with Crippen LogP contribution in [0.15, 0.2) is 12.2 Å². The van der Waals surface area contributed by atoms with Gasteiger partial charge in [-0.2, -0.15) is 0 Å². The third-order valence-electron chi connectivity index (χ3n) is 3.15. The molecular weight excluding hydrogens is 184 g/mol. The summed E-state index contributed by atoms with van der Waals surface area (Å²) in [5, 5.41) is 0.175. The molecule has 0 radical (unpaired) electrons. The van der Waals surface area contributed by atoms with Crippen molar-refractivity contribution in [2.45, 2.75) is 6.42 Å². The topological polar surface area (TPSA) is 34.1 Å². The average Bonchev–Trinajstić information content (AvgIpc) is 2.74. The molecule has 3 heteroatoms. The van der Waals surface area contributed by atoms with Crippen LogP contribution in [0, 0.1) is 23.7 Å². The van der Waals surface area contributed by atoms with E-state index in [0.717, 1.165) is 12.7 Å². The van der Waals surface area contributed by atoms with Gasteiger partial charge in [-0.1, -0.05) is 23.9 Å². The molecular formula is C10H12O2S. The van der Waals surface area contributed by atoms with Crippen molar-refractivity contribution in [3.8, 4) is 0 Å². The van der Waals surface area contributed by atoms with Gasteiger partial charge in [-0.3, -0.25) is 4.79 Å². The molecule has 0 unspecified atom stereocenters. The quantitative estimate of drug-likeness (QED) is 0.496. The maximum Gasteiger partial charge on any atom is 0.193 e. The zero-order chi connectivity index (χ0) is 9.42. The summed E-state index contributed by atoms with van der Waals surface area (Å²) in [6.45, 7) is 0. The molecule has 0 spiro atoms. The molecule has 0 aromatic heterocycles. The molecule has 4 atom stereocenters. The maximum absolute atomic E-state index is 11.5. The van der Waals surface area contributed by atoms with Gasteiger partial charge in [0.1, 0.15) is 6.29 Å². The minimum absolute atomic E-state index is 0.0394. The Kier molecular flexibility index (Phi) is 2.28. The fourth-order valence-corrected chi connectivity index (χ4v) is 3.12. The molecule has 1 saturated carbocycles. The molecule has 0 aliphatic heterocycles. The van der Waals surface area contributed by atoms with E-state index in [9.17, 15) is 9.59 Å². The van der Waals surface area contributed by atoms with Gasteiger partial charge in [-0.05, 0) is 24.5 Å². The van der Waals surface area contributed by atoms with Crippen molar-refractivity contribution in [3.63, 3.8) is 0 Å². The zero-order valence-electron chi connectivity index (χ0n) is 7.47. The van der Waals surface area contributed by atoms with Crippen molar-refractivity contribution in [1.29, 1.82) is 0 Å². The molecule has 0 N–H and O–H groups in total. The molecule has 70 valence electrons. The average molecular weight is 196 g/mol. The number of carbonyl (C=O) groups excluding carboxylic acids is 2. The van der Waals surface area contributed by atoms with Gasteiger partial charge >= 0.3 is 0 Å². The first-order chi connectivity index (χ1) is 6.27. The fraction of sp³-hybridized carbons (Fsp3) is 0.600. The number of thioether (sulfide) groups is 1. The van der Waals surface area contributed by atoms with Crippen molar-refractivity contribution >= 4 is 23.2 Å². The first-order valence-electron chi connectivity index (χ1n) is 4.49. The number of allylic oxidation sites excluding steroid dienone is 2. The smallest absolute Gasteiger partial charge is 0.193 e. The van der Waals surface area contributed by atoms with E-state index in [-0.39, 0.29) is 17.0 Å². The Balaban J connectivity index is 2.23. The van der Waals surface area contributed by atoms with E-state index < -0.39 is 0 Å². The highest BCUT2D eigenvalue weighted by molar-refractivity contribution is 8.13. The highest BCUT2D eigenvalue weighted by Crippen LogP contribution is 2.48. The minimum Gasteiger partial charge on any atom is -0.303 e. The minimum atomic E-state index is -0.0463. The second-order valence-corrected chi connectivity index (χ2v) is 4.52. The van der Waals surface area contributed by atoms with Crippen molar-refractivity contribution in [2.24, 2.45) is 23.7 Å². The van der Waals surface area contributed by atoms with Crippen LogP contribution >= 0.6 is 11.8 Å². The monoisotopic (exact) mass is 196 g/mol. The summed E-state index contributed by atoms with van der Waals surface area (Å²) < 4.78 is 0. The van der Waals surface area contributed by atoms with Gasteiger partial charge in [0.2, 0.25) is 0 Å². The third kappa shape index (κ3) is 1.26. The SMILES string of the molecule is CSC(=O)[C@H]1[C@H](C=O)[C@H]2C=C[C@@H]1C2. The van der Waals surface area contributed by atoms with Crippen LogP contribution in [0.4, 0.5) is 0 Å². The van der Waals surface area contributed by atoms with Gasteiger partial charge in [-0.25, -0.2) is 0 Å². The van der Waals surface area contributed by atoms with Gasteiger partial charge in [0.25, 0.3) is 0 Å². The standard InChI is InChI=1S/C10H12O2S/c1-13-10(12)9-7-3-2-6(4-7)8(9)5-11/h2-3,5-9H,4H2,1H3/t6-,7+,8+,9+/m0/s1. The number of carbonyl (C=O) groups is 2. The van der Waals surface area contributed by atoms with Crippen LogP contribution in [0.2, 0.25) is 0 Å². The van der Waals surface area contributed by atoms with E-state index in [0.29, 0.717) is 11.8 Å². The molecule has 0 heterocycles. The molecule has 0 aromatic carbocycles. The highest BCUT2D eigenvalue weighted by Gasteiger charge is 2.47. The van der Waals surface area contributed by atoms with Crippen molar-refractivity contribution in [1.82, 2.24) is 0 Å². The predicted octanol–water partition coefficient (Wildman–Crippen LogP) is 1.51. The lowest BCUT2D eigenvalue weighted by atomic mass is 9.85. The summed E-state index contributed by atoms with van der Waals surface area (Å²) in [7, 11) is 0. The summed E-state index contributed by atoms with van der Waals surface area (Å²) in [5.41, 5.74) is 0.